The smallest absolute Gasteiger partial charge is 0.302 e. The van der Waals surface area contributed by atoms with Gasteiger partial charge in [0.25, 0.3) is 0 Å². The fraction of sp³-hybridized carbons (Fsp3) is 0.167. The van der Waals surface area contributed by atoms with Crippen LogP contribution in [0.15, 0.2) is 35.7 Å². The number of hydrogen-bond acceptors (Lipinski definition) is 3. The van der Waals surface area contributed by atoms with Crippen molar-refractivity contribution >= 4 is 12.0 Å². The van der Waals surface area contributed by atoms with Crippen LogP contribution in [0.1, 0.15) is 12.0 Å². The molecule has 0 spiro atoms. The molecule has 1 aliphatic rings. The van der Waals surface area contributed by atoms with Crippen molar-refractivity contribution in [3.8, 4) is 0 Å². The summed E-state index contributed by atoms with van der Waals surface area (Å²) >= 11 is 0. The lowest BCUT2D eigenvalue weighted by Gasteiger charge is -2.00. The van der Waals surface area contributed by atoms with Crippen LogP contribution >= 0.6 is 0 Å². The summed E-state index contributed by atoms with van der Waals surface area (Å²) in [5.74, 6) is -0.927. The fourth-order valence-corrected chi connectivity index (χ4v) is 1.48. The van der Waals surface area contributed by atoms with Gasteiger partial charge in [0.15, 0.2) is 0 Å². The number of nitrogens with zero attached hydrogens (tertiary/aromatic N) is 1. The molecule has 1 aliphatic heterocycles. The first-order chi connectivity index (χ1) is 7.66. The zero-order chi connectivity index (χ0) is 11.5. The Morgan fingerprint density at radius 1 is 1.31 bits per heavy atom. The number of aliphatic imine (C=N–C) groups is 1. The Labute approximate surface area is 91.9 Å². The first-order valence-electron chi connectivity index (χ1n) is 4.89. The zero-order valence-electron chi connectivity index (χ0n) is 8.48. The van der Waals surface area contributed by atoms with Crippen LogP contribution in [0.25, 0.3) is 0 Å². The molecule has 4 heteroatoms. The molecule has 1 N–H and O–H groups in total. The minimum absolute atomic E-state index is 0.138. The van der Waals surface area contributed by atoms with Gasteiger partial charge < -0.3 is 5.11 Å². The van der Waals surface area contributed by atoms with E-state index in [1.807, 2.05) is 0 Å². The SMILES string of the molecule is O=C1CC=[N+]C(Cc2ccc(F)cc2)=C1O. The first kappa shape index (κ1) is 10.5. The van der Waals surface area contributed by atoms with Gasteiger partial charge in [-0.1, -0.05) is 12.1 Å². The predicted molar refractivity (Wildman–Crippen MR) is 57.6 cm³/mol. The van der Waals surface area contributed by atoms with E-state index in [9.17, 15) is 14.3 Å². The van der Waals surface area contributed by atoms with E-state index in [1.165, 1.54) is 18.3 Å². The molecular weight excluding hydrogens is 209 g/mol. The summed E-state index contributed by atoms with van der Waals surface area (Å²) in [6.07, 6.45) is 1.94. The summed E-state index contributed by atoms with van der Waals surface area (Å²) in [5.41, 5.74) is 1.14. The number of ketones is 1. The van der Waals surface area contributed by atoms with E-state index in [1.54, 1.807) is 12.1 Å². The zero-order valence-corrected chi connectivity index (χ0v) is 8.48. The van der Waals surface area contributed by atoms with E-state index in [0.717, 1.165) is 5.56 Å². The number of carbonyl (C=O) groups is 1. The van der Waals surface area contributed by atoms with Crippen molar-refractivity contribution in [3.05, 3.63) is 47.1 Å². The molecule has 1 heterocycles. The molecule has 0 unspecified atom stereocenters. The van der Waals surface area contributed by atoms with Gasteiger partial charge in [-0.05, 0) is 17.7 Å². The lowest BCUT2D eigenvalue weighted by molar-refractivity contribution is -0.117. The molecule has 0 saturated heterocycles. The number of aliphatic hydroxyl groups is 1. The molecule has 2 rings (SSSR count). The van der Waals surface area contributed by atoms with Gasteiger partial charge in [-0.25, -0.2) is 4.39 Å². The molecule has 3 nitrogen and oxygen atoms in total. The Kier molecular flexibility index (Phi) is 2.81. The van der Waals surface area contributed by atoms with Gasteiger partial charge in [-0.3, -0.25) is 4.79 Å². The van der Waals surface area contributed by atoms with Crippen molar-refractivity contribution in [2.24, 2.45) is 0 Å². The maximum atomic E-state index is 12.7. The van der Waals surface area contributed by atoms with Gasteiger partial charge in [0, 0.05) is 0 Å². The van der Waals surface area contributed by atoms with Crippen LogP contribution in [-0.2, 0) is 11.2 Å². The van der Waals surface area contributed by atoms with E-state index >= 15 is 0 Å². The molecule has 1 aromatic carbocycles. The molecule has 16 heavy (non-hydrogen) atoms. The summed E-state index contributed by atoms with van der Waals surface area (Å²) in [7, 11) is 0. The van der Waals surface area contributed by atoms with Crippen molar-refractivity contribution in [3.63, 3.8) is 0 Å². The second kappa shape index (κ2) is 4.26. The highest BCUT2D eigenvalue weighted by Crippen LogP contribution is 2.12. The van der Waals surface area contributed by atoms with Gasteiger partial charge in [-0.15, -0.1) is 0 Å². The third-order valence-electron chi connectivity index (χ3n) is 2.35. The van der Waals surface area contributed by atoms with Gasteiger partial charge in [0.1, 0.15) is 5.82 Å². The molecule has 1 aromatic rings. The van der Waals surface area contributed by atoms with Crippen LogP contribution in [0.5, 0.6) is 0 Å². The molecule has 81 valence electrons. The minimum Gasteiger partial charge on any atom is -0.500 e. The molecule has 1 radical (unpaired) electrons. The van der Waals surface area contributed by atoms with Gasteiger partial charge >= 0.3 is 5.70 Å². The number of carbonyl (C=O) groups excluding carboxylic acids is 1. The second-order valence-corrected chi connectivity index (χ2v) is 3.54. The summed E-state index contributed by atoms with van der Waals surface area (Å²) in [6.45, 7) is 0. The van der Waals surface area contributed by atoms with Crippen LogP contribution in [0.3, 0.4) is 0 Å². The van der Waals surface area contributed by atoms with E-state index in [0.29, 0.717) is 12.1 Å². The maximum absolute atomic E-state index is 12.7. The number of allylic oxidation sites excluding steroid dienone is 2. The van der Waals surface area contributed by atoms with Crippen LogP contribution in [0.4, 0.5) is 4.39 Å². The van der Waals surface area contributed by atoms with Crippen molar-refractivity contribution < 1.29 is 14.3 Å². The van der Waals surface area contributed by atoms with E-state index < -0.39 is 0 Å². The highest BCUT2D eigenvalue weighted by molar-refractivity contribution is 6.03. The molecule has 0 aromatic heterocycles. The number of hydrogen-bond donors (Lipinski definition) is 1. The minimum atomic E-state index is -0.327. The van der Waals surface area contributed by atoms with Crippen LogP contribution < -0.4 is 4.99 Å². The highest BCUT2D eigenvalue weighted by atomic mass is 19.1. The Morgan fingerprint density at radius 3 is 2.69 bits per heavy atom. The molecule has 0 saturated carbocycles. The molecule has 0 bridgehead atoms. The Balaban J connectivity index is 2.21. The predicted octanol–water partition coefficient (Wildman–Crippen LogP) is 1.52. The molecule has 0 amide bonds. The highest BCUT2D eigenvalue weighted by Gasteiger charge is 2.26. The third-order valence-corrected chi connectivity index (χ3v) is 2.35. The lowest BCUT2D eigenvalue weighted by Crippen LogP contribution is -2.17. The summed E-state index contributed by atoms with van der Waals surface area (Å²) in [4.78, 5) is 15.2. The second-order valence-electron chi connectivity index (χ2n) is 3.54. The molecule has 0 aliphatic carbocycles. The number of rotatable bonds is 2. The molecule has 0 atom stereocenters. The number of Topliss-reactive ketones (excluding diaryl/α,β-unsaturated/α-hetero) is 1. The molecule has 0 fully saturated rings. The van der Waals surface area contributed by atoms with Crippen molar-refractivity contribution in [2.75, 3.05) is 0 Å². The van der Waals surface area contributed by atoms with Gasteiger partial charge in [-0.2, -0.15) is 0 Å². The average molecular weight is 219 g/mol. The topological polar surface area (TPSA) is 51.4 Å². The standard InChI is InChI=1S/C12H10FNO2/c13-9-3-1-8(2-4-9)7-10-12(16)11(15)5-6-14-10/h1-4,6,16H,5,7H2/q+1. The maximum Gasteiger partial charge on any atom is 0.302 e. The van der Waals surface area contributed by atoms with E-state index in [-0.39, 0.29) is 23.8 Å². The number of halogens is 1. The van der Waals surface area contributed by atoms with Crippen LogP contribution in [0.2, 0.25) is 0 Å². The Morgan fingerprint density at radius 2 is 2.00 bits per heavy atom. The average Bonchev–Trinajstić information content (AvgIpc) is 2.28. The fourth-order valence-electron chi connectivity index (χ4n) is 1.48. The Bertz CT molecular complexity index is 474. The monoisotopic (exact) mass is 219 g/mol. The first-order valence-corrected chi connectivity index (χ1v) is 4.89. The summed E-state index contributed by atoms with van der Waals surface area (Å²) in [5, 5.41) is 9.50. The van der Waals surface area contributed by atoms with Gasteiger partial charge in [0.05, 0.1) is 17.8 Å². The van der Waals surface area contributed by atoms with E-state index in [2.05, 4.69) is 4.99 Å². The largest absolute Gasteiger partial charge is 0.500 e. The van der Waals surface area contributed by atoms with E-state index in [4.69, 9.17) is 0 Å². The number of aliphatic hydroxyl groups excluding tert-OH is 1. The van der Waals surface area contributed by atoms with Crippen LogP contribution in [-0.4, -0.2) is 17.1 Å². The van der Waals surface area contributed by atoms with Gasteiger partial charge in [0.2, 0.25) is 17.8 Å². The van der Waals surface area contributed by atoms with Crippen molar-refractivity contribution in [2.45, 2.75) is 12.8 Å². The van der Waals surface area contributed by atoms with Crippen LogP contribution in [0, 0.1) is 5.82 Å². The summed E-state index contributed by atoms with van der Waals surface area (Å²) < 4.78 is 12.7. The van der Waals surface area contributed by atoms with Crippen molar-refractivity contribution in [1.29, 1.82) is 0 Å². The third kappa shape index (κ3) is 2.16. The lowest BCUT2D eigenvalue weighted by atomic mass is 10.1. The number of benzene rings is 1. The quantitative estimate of drug-likeness (QED) is 0.819. The summed E-state index contributed by atoms with van der Waals surface area (Å²) in [6, 6.07) is 5.87. The molecular formula is C12H10FNO2+. The normalized spacial score (nSPS) is 15.7. The van der Waals surface area contributed by atoms with Crippen molar-refractivity contribution in [1.82, 2.24) is 4.99 Å². The Hall–Kier alpha value is -1.97.